The van der Waals surface area contributed by atoms with Gasteiger partial charge >= 0.3 is 6.09 Å². The third-order valence-corrected chi connectivity index (χ3v) is 7.38. The molecule has 0 aromatic heterocycles. The number of aromatic hydroxyl groups is 1. The fourth-order valence-electron chi connectivity index (χ4n) is 5.07. The Kier molecular flexibility index (Phi) is 10.8. The molecular formula is C33H47N3O5. The molecule has 41 heavy (non-hydrogen) atoms. The van der Waals surface area contributed by atoms with Crippen molar-refractivity contribution in [1.29, 1.82) is 0 Å². The standard InChI is InChI=1S/C33H47N3O5/c1-8-10-22(4)34-30(38)29(25-15-11-23(9-2)12-16-25)36(28-19-21(28)3)31(39)27(35-32(40)41-33(5,6)7)20-24-13-17-26(37)18-14-24/h11-18,21-22,27-29,37H,8-10,19-20H2,1-7H3,(H,34,38)(H,35,40). The van der Waals surface area contributed by atoms with Gasteiger partial charge in [-0.15, -0.1) is 0 Å². The van der Waals surface area contributed by atoms with Crippen molar-refractivity contribution in [3.05, 3.63) is 65.2 Å². The van der Waals surface area contributed by atoms with Crippen molar-refractivity contribution >= 4 is 17.9 Å². The van der Waals surface area contributed by atoms with Crippen LogP contribution in [0.2, 0.25) is 0 Å². The Labute approximate surface area is 244 Å². The first-order chi connectivity index (χ1) is 19.3. The summed E-state index contributed by atoms with van der Waals surface area (Å²) in [6, 6.07) is 12.3. The molecule has 1 fully saturated rings. The fraction of sp³-hybridized carbons (Fsp3) is 0.545. The predicted octanol–water partition coefficient (Wildman–Crippen LogP) is 5.67. The van der Waals surface area contributed by atoms with Crippen molar-refractivity contribution in [1.82, 2.24) is 15.5 Å². The number of amides is 3. The molecule has 0 spiro atoms. The molecule has 8 nitrogen and oxygen atoms in total. The Hall–Kier alpha value is -3.55. The van der Waals surface area contributed by atoms with Crippen LogP contribution in [0, 0.1) is 5.92 Å². The topological polar surface area (TPSA) is 108 Å². The first kappa shape index (κ1) is 32.0. The van der Waals surface area contributed by atoms with Crippen LogP contribution in [0.3, 0.4) is 0 Å². The Bertz CT molecular complexity index is 1170. The minimum absolute atomic E-state index is 0.0498. The van der Waals surface area contributed by atoms with E-state index in [-0.39, 0.29) is 42.0 Å². The summed E-state index contributed by atoms with van der Waals surface area (Å²) < 4.78 is 5.51. The van der Waals surface area contributed by atoms with E-state index < -0.39 is 23.8 Å². The number of benzene rings is 2. The third kappa shape index (κ3) is 9.23. The molecule has 224 valence electrons. The number of aryl methyl sites for hydroxylation is 1. The molecule has 8 heteroatoms. The first-order valence-corrected chi connectivity index (χ1v) is 14.8. The lowest BCUT2D eigenvalue weighted by molar-refractivity contribution is -0.143. The zero-order valence-corrected chi connectivity index (χ0v) is 25.6. The summed E-state index contributed by atoms with van der Waals surface area (Å²) in [4.78, 5) is 43.1. The van der Waals surface area contributed by atoms with Gasteiger partial charge in [0.2, 0.25) is 11.8 Å². The number of ether oxygens (including phenoxy) is 1. The van der Waals surface area contributed by atoms with Gasteiger partial charge in [0, 0.05) is 18.5 Å². The summed E-state index contributed by atoms with van der Waals surface area (Å²) in [6.07, 6.45) is 2.85. The Balaban J connectivity index is 2.04. The van der Waals surface area contributed by atoms with Crippen LogP contribution in [-0.2, 0) is 27.2 Å². The zero-order chi connectivity index (χ0) is 30.3. The largest absolute Gasteiger partial charge is 0.508 e. The Morgan fingerprint density at radius 3 is 2.10 bits per heavy atom. The van der Waals surface area contributed by atoms with Crippen LogP contribution < -0.4 is 10.6 Å². The normalized spacial score (nSPS) is 18.5. The van der Waals surface area contributed by atoms with E-state index in [0.717, 1.165) is 42.4 Å². The minimum Gasteiger partial charge on any atom is -0.508 e. The molecule has 0 radical (unpaired) electrons. The van der Waals surface area contributed by atoms with Gasteiger partial charge in [-0.25, -0.2) is 4.79 Å². The van der Waals surface area contributed by atoms with Gasteiger partial charge in [-0.05, 0) is 81.7 Å². The van der Waals surface area contributed by atoms with Gasteiger partial charge in [-0.3, -0.25) is 9.59 Å². The summed E-state index contributed by atoms with van der Waals surface area (Å²) in [6.45, 7) is 13.5. The van der Waals surface area contributed by atoms with Crippen molar-refractivity contribution in [2.24, 2.45) is 5.92 Å². The second-order valence-corrected chi connectivity index (χ2v) is 12.3. The SMILES string of the molecule is CCCC(C)NC(=O)C(c1ccc(CC)cc1)N(C(=O)C(Cc1ccc(O)cc1)NC(=O)OC(C)(C)C)C1CC1C. The Morgan fingerprint density at radius 2 is 1.59 bits per heavy atom. The summed E-state index contributed by atoms with van der Waals surface area (Å²) in [5.74, 6) is -0.254. The van der Waals surface area contributed by atoms with Crippen molar-refractivity contribution in [2.45, 2.75) is 110 Å². The molecule has 2 aromatic rings. The van der Waals surface area contributed by atoms with Crippen molar-refractivity contribution < 1.29 is 24.2 Å². The lowest BCUT2D eigenvalue weighted by Crippen LogP contribution is -2.55. The smallest absolute Gasteiger partial charge is 0.408 e. The van der Waals surface area contributed by atoms with Crippen LogP contribution >= 0.6 is 0 Å². The lowest BCUT2D eigenvalue weighted by atomic mass is 9.98. The van der Waals surface area contributed by atoms with Gasteiger partial charge in [-0.2, -0.15) is 0 Å². The van der Waals surface area contributed by atoms with Gasteiger partial charge in [0.15, 0.2) is 0 Å². The molecule has 0 aliphatic heterocycles. The van der Waals surface area contributed by atoms with Crippen LogP contribution in [0.4, 0.5) is 4.79 Å². The molecular weight excluding hydrogens is 518 g/mol. The quantitative estimate of drug-likeness (QED) is 0.307. The maximum atomic E-state index is 14.5. The number of carbonyl (C=O) groups is 3. The van der Waals surface area contributed by atoms with Gasteiger partial charge < -0.3 is 25.4 Å². The molecule has 3 N–H and O–H groups in total. The van der Waals surface area contributed by atoms with Crippen LogP contribution in [0.15, 0.2) is 48.5 Å². The number of hydrogen-bond donors (Lipinski definition) is 3. The van der Waals surface area contributed by atoms with E-state index in [1.807, 2.05) is 31.2 Å². The van der Waals surface area contributed by atoms with E-state index in [4.69, 9.17) is 4.74 Å². The average molecular weight is 566 g/mol. The number of alkyl carbamates (subject to hydrolysis) is 1. The summed E-state index contributed by atoms with van der Waals surface area (Å²) in [5.41, 5.74) is 1.88. The number of nitrogens with zero attached hydrogens (tertiary/aromatic N) is 1. The molecule has 1 aliphatic rings. The van der Waals surface area contributed by atoms with Crippen molar-refractivity contribution in [2.75, 3.05) is 0 Å². The van der Waals surface area contributed by atoms with E-state index in [9.17, 15) is 19.5 Å². The minimum atomic E-state index is -0.986. The second-order valence-electron chi connectivity index (χ2n) is 12.3. The van der Waals surface area contributed by atoms with Crippen LogP contribution in [-0.4, -0.2) is 51.6 Å². The summed E-state index contributed by atoms with van der Waals surface area (Å²) >= 11 is 0. The first-order valence-electron chi connectivity index (χ1n) is 14.8. The molecule has 0 heterocycles. The monoisotopic (exact) mass is 565 g/mol. The predicted molar refractivity (Wildman–Crippen MR) is 160 cm³/mol. The molecule has 1 saturated carbocycles. The highest BCUT2D eigenvalue weighted by Gasteiger charge is 2.48. The summed E-state index contributed by atoms with van der Waals surface area (Å²) in [5, 5.41) is 15.7. The van der Waals surface area contributed by atoms with Gasteiger partial charge in [-0.1, -0.05) is 63.6 Å². The average Bonchev–Trinajstić information content (AvgIpc) is 3.62. The van der Waals surface area contributed by atoms with Gasteiger partial charge in [0.05, 0.1) is 0 Å². The van der Waals surface area contributed by atoms with E-state index in [2.05, 4.69) is 31.4 Å². The zero-order valence-electron chi connectivity index (χ0n) is 25.6. The van der Waals surface area contributed by atoms with Gasteiger partial charge in [0.1, 0.15) is 23.4 Å². The highest BCUT2D eigenvalue weighted by Crippen LogP contribution is 2.41. The molecule has 1 aliphatic carbocycles. The van der Waals surface area contributed by atoms with Crippen molar-refractivity contribution in [3.63, 3.8) is 0 Å². The number of nitrogens with one attached hydrogen (secondary N) is 2. The highest BCUT2D eigenvalue weighted by molar-refractivity contribution is 5.93. The molecule has 0 bridgehead atoms. The van der Waals surface area contributed by atoms with Crippen molar-refractivity contribution in [3.8, 4) is 5.75 Å². The number of phenolic OH excluding ortho intramolecular Hbond substituents is 1. The molecule has 5 unspecified atom stereocenters. The van der Waals surface area contributed by atoms with E-state index in [1.54, 1.807) is 49.9 Å². The Morgan fingerprint density at radius 1 is 1.00 bits per heavy atom. The second kappa shape index (κ2) is 13.9. The van der Waals surface area contributed by atoms with Crippen LogP contribution in [0.1, 0.15) is 90.5 Å². The highest BCUT2D eigenvalue weighted by atomic mass is 16.6. The van der Waals surface area contributed by atoms with Crippen LogP contribution in [0.25, 0.3) is 0 Å². The lowest BCUT2D eigenvalue weighted by Gasteiger charge is -2.35. The number of phenols is 1. The number of carbonyl (C=O) groups excluding carboxylic acids is 3. The van der Waals surface area contributed by atoms with E-state index in [0.29, 0.717) is 0 Å². The maximum absolute atomic E-state index is 14.5. The maximum Gasteiger partial charge on any atom is 0.408 e. The molecule has 5 atom stereocenters. The third-order valence-electron chi connectivity index (χ3n) is 7.38. The van der Waals surface area contributed by atoms with E-state index >= 15 is 0 Å². The number of rotatable bonds is 12. The van der Waals surface area contributed by atoms with Gasteiger partial charge in [0.25, 0.3) is 0 Å². The molecule has 0 saturated heterocycles. The molecule has 3 rings (SSSR count). The van der Waals surface area contributed by atoms with Crippen LogP contribution in [0.5, 0.6) is 5.75 Å². The number of hydrogen-bond acceptors (Lipinski definition) is 5. The molecule has 3 amide bonds. The van der Waals surface area contributed by atoms with E-state index in [1.165, 1.54) is 0 Å². The molecule has 2 aromatic carbocycles. The summed E-state index contributed by atoms with van der Waals surface area (Å²) in [7, 11) is 0. The fourth-order valence-corrected chi connectivity index (χ4v) is 5.07.